The molecule has 0 aliphatic carbocycles. The number of rotatable bonds is 6. The van der Waals surface area contributed by atoms with Gasteiger partial charge in [-0.25, -0.2) is 4.52 Å². The normalized spacial score (nSPS) is 10.9. The first-order chi connectivity index (χ1) is 8.29. The molecule has 5 heteroatoms. The highest BCUT2D eigenvalue weighted by Crippen LogP contribution is 2.07. The molecule has 92 valence electrons. The third-order valence-electron chi connectivity index (χ3n) is 2.45. The number of hydrogen-bond donors (Lipinski definition) is 1. The van der Waals surface area contributed by atoms with Crippen LogP contribution in [0.5, 0.6) is 0 Å². The number of fused-ring (bicyclic) bond motifs is 1. The van der Waals surface area contributed by atoms with Gasteiger partial charge >= 0.3 is 0 Å². The molecule has 0 unspecified atom stereocenters. The van der Waals surface area contributed by atoms with Gasteiger partial charge < -0.3 is 10.1 Å². The number of aryl methyl sites for hydroxylation is 1. The summed E-state index contributed by atoms with van der Waals surface area (Å²) in [5.41, 5.74) is 2.06. The zero-order valence-corrected chi connectivity index (χ0v) is 10.3. The maximum absolute atomic E-state index is 5.26. The van der Waals surface area contributed by atoms with Gasteiger partial charge in [-0.2, -0.15) is 4.98 Å². The summed E-state index contributed by atoms with van der Waals surface area (Å²) in [4.78, 5) is 4.39. The fraction of sp³-hybridized carbons (Fsp3) is 0.500. The summed E-state index contributed by atoms with van der Waals surface area (Å²) in [6, 6.07) is 4.03. The molecular weight excluding hydrogens is 216 g/mol. The summed E-state index contributed by atoms with van der Waals surface area (Å²) in [6.45, 7) is 6.42. The van der Waals surface area contributed by atoms with Gasteiger partial charge in [0.1, 0.15) is 0 Å². The average molecular weight is 234 g/mol. The number of aromatic nitrogens is 3. The van der Waals surface area contributed by atoms with Crippen molar-refractivity contribution in [3.63, 3.8) is 0 Å². The molecular formula is C12H18N4O. The van der Waals surface area contributed by atoms with E-state index in [1.165, 1.54) is 5.56 Å². The SMILES string of the molecule is CCOCCCNc1nc2cc(C)ccn2n1. The topological polar surface area (TPSA) is 51.5 Å². The molecule has 5 nitrogen and oxygen atoms in total. The first-order valence-corrected chi connectivity index (χ1v) is 5.94. The number of ether oxygens (including phenoxy) is 1. The number of hydrogen-bond acceptors (Lipinski definition) is 4. The van der Waals surface area contributed by atoms with Gasteiger partial charge in [0.05, 0.1) is 0 Å². The lowest BCUT2D eigenvalue weighted by Gasteiger charge is -2.01. The van der Waals surface area contributed by atoms with Crippen molar-refractivity contribution in [1.29, 1.82) is 0 Å². The van der Waals surface area contributed by atoms with Crippen LogP contribution >= 0.6 is 0 Å². The summed E-state index contributed by atoms with van der Waals surface area (Å²) in [6.07, 6.45) is 2.88. The summed E-state index contributed by atoms with van der Waals surface area (Å²) < 4.78 is 7.04. The van der Waals surface area contributed by atoms with Crippen LogP contribution in [0.1, 0.15) is 18.9 Å². The Morgan fingerprint density at radius 2 is 2.35 bits per heavy atom. The van der Waals surface area contributed by atoms with E-state index in [-0.39, 0.29) is 0 Å². The van der Waals surface area contributed by atoms with Crippen molar-refractivity contribution in [3.8, 4) is 0 Å². The maximum atomic E-state index is 5.26. The Bertz CT molecular complexity index is 480. The van der Waals surface area contributed by atoms with E-state index in [9.17, 15) is 0 Å². The minimum Gasteiger partial charge on any atom is -0.382 e. The predicted octanol–water partition coefficient (Wildman–Crippen LogP) is 1.88. The lowest BCUT2D eigenvalue weighted by atomic mass is 10.3. The Morgan fingerprint density at radius 1 is 1.47 bits per heavy atom. The van der Waals surface area contributed by atoms with Crippen molar-refractivity contribution in [2.75, 3.05) is 25.1 Å². The molecule has 0 aliphatic heterocycles. The van der Waals surface area contributed by atoms with Crippen LogP contribution in [0.3, 0.4) is 0 Å². The third kappa shape index (κ3) is 3.17. The molecule has 0 amide bonds. The quantitative estimate of drug-likeness (QED) is 0.775. The Morgan fingerprint density at radius 3 is 3.18 bits per heavy atom. The summed E-state index contributed by atoms with van der Waals surface area (Å²) in [5.74, 6) is 0.673. The van der Waals surface area contributed by atoms with Gasteiger partial charge in [-0.1, -0.05) is 0 Å². The van der Waals surface area contributed by atoms with E-state index in [0.717, 1.165) is 31.8 Å². The monoisotopic (exact) mass is 234 g/mol. The summed E-state index contributed by atoms with van der Waals surface area (Å²) in [7, 11) is 0. The molecule has 2 heterocycles. The zero-order valence-electron chi connectivity index (χ0n) is 10.3. The lowest BCUT2D eigenvalue weighted by Crippen LogP contribution is -2.06. The Balaban J connectivity index is 1.91. The second-order valence-electron chi connectivity index (χ2n) is 3.92. The van der Waals surface area contributed by atoms with Crippen molar-refractivity contribution >= 4 is 11.6 Å². The van der Waals surface area contributed by atoms with E-state index in [2.05, 4.69) is 15.4 Å². The minimum absolute atomic E-state index is 0.673. The standard InChI is InChI=1S/C12H18N4O/c1-3-17-8-4-6-13-12-14-11-9-10(2)5-7-16(11)15-12/h5,7,9H,3-4,6,8H2,1-2H3,(H,13,15). The number of nitrogens with one attached hydrogen (secondary N) is 1. The molecule has 2 aromatic rings. The van der Waals surface area contributed by atoms with Crippen molar-refractivity contribution in [2.24, 2.45) is 0 Å². The van der Waals surface area contributed by atoms with E-state index in [1.807, 2.05) is 32.2 Å². The van der Waals surface area contributed by atoms with Gasteiger partial charge in [0.15, 0.2) is 5.65 Å². The van der Waals surface area contributed by atoms with Crippen LogP contribution in [0, 0.1) is 6.92 Å². The van der Waals surface area contributed by atoms with E-state index < -0.39 is 0 Å². The Kier molecular flexibility index (Phi) is 3.93. The molecule has 0 aromatic carbocycles. The highest BCUT2D eigenvalue weighted by molar-refractivity contribution is 5.45. The van der Waals surface area contributed by atoms with Gasteiger partial charge in [0.2, 0.25) is 5.95 Å². The van der Waals surface area contributed by atoms with Crippen molar-refractivity contribution in [3.05, 3.63) is 23.9 Å². The largest absolute Gasteiger partial charge is 0.382 e. The van der Waals surface area contributed by atoms with Gasteiger partial charge in [-0.15, -0.1) is 5.10 Å². The van der Waals surface area contributed by atoms with Crippen LogP contribution in [0.15, 0.2) is 18.3 Å². The fourth-order valence-electron chi connectivity index (χ4n) is 1.58. The van der Waals surface area contributed by atoms with Crippen molar-refractivity contribution < 1.29 is 4.74 Å². The van der Waals surface area contributed by atoms with E-state index in [4.69, 9.17) is 4.74 Å². The third-order valence-corrected chi connectivity index (χ3v) is 2.45. The molecule has 0 atom stereocenters. The summed E-state index contributed by atoms with van der Waals surface area (Å²) >= 11 is 0. The molecule has 0 radical (unpaired) electrons. The number of pyridine rings is 1. The molecule has 0 saturated heterocycles. The highest BCUT2D eigenvalue weighted by atomic mass is 16.5. The van der Waals surface area contributed by atoms with Crippen LogP contribution in [0.25, 0.3) is 5.65 Å². The lowest BCUT2D eigenvalue weighted by molar-refractivity contribution is 0.147. The second kappa shape index (κ2) is 5.63. The van der Waals surface area contributed by atoms with E-state index >= 15 is 0 Å². The van der Waals surface area contributed by atoms with E-state index in [1.54, 1.807) is 4.52 Å². The molecule has 0 saturated carbocycles. The second-order valence-corrected chi connectivity index (χ2v) is 3.92. The van der Waals surface area contributed by atoms with Gasteiger partial charge in [0.25, 0.3) is 0 Å². The smallest absolute Gasteiger partial charge is 0.243 e. The van der Waals surface area contributed by atoms with Crippen LogP contribution in [-0.2, 0) is 4.74 Å². The molecule has 17 heavy (non-hydrogen) atoms. The molecule has 2 aromatic heterocycles. The van der Waals surface area contributed by atoms with Crippen LogP contribution in [0.2, 0.25) is 0 Å². The van der Waals surface area contributed by atoms with Crippen LogP contribution in [-0.4, -0.2) is 34.4 Å². The molecule has 1 N–H and O–H groups in total. The molecule has 0 fully saturated rings. The minimum atomic E-state index is 0.673. The Labute approximate surface area is 101 Å². The maximum Gasteiger partial charge on any atom is 0.243 e. The molecule has 0 bridgehead atoms. The van der Waals surface area contributed by atoms with Gasteiger partial charge in [0, 0.05) is 26.0 Å². The summed E-state index contributed by atoms with van der Waals surface area (Å²) in [5, 5.41) is 7.51. The first kappa shape index (κ1) is 11.9. The highest BCUT2D eigenvalue weighted by Gasteiger charge is 2.02. The number of anilines is 1. The van der Waals surface area contributed by atoms with Crippen molar-refractivity contribution in [2.45, 2.75) is 20.3 Å². The van der Waals surface area contributed by atoms with Gasteiger partial charge in [-0.05, 0) is 38.0 Å². The van der Waals surface area contributed by atoms with Crippen LogP contribution in [0.4, 0.5) is 5.95 Å². The van der Waals surface area contributed by atoms with Gasteiger partial charge in [-0.3, -0.25) is 0 Å². The molecule has 2 rings (SSSR count). The predicted molar refractivity (Wildman–Crippen MR) is 67.3 cm³/mol. The fourth-order valence-corrected chi connectivity index (χ4v) is 1.58. The molecule has 0 aliphatic rings. The zero-order chi connectivity index (χ0) is 12.1. The van der Waals surface area contributed by atoms with E-state index in [0.29, 0.717) is 5.95 Å². The number of nitrogens with zero attached hydrogens (tertiary/aromatic N) is 3. The Hall–Kier alpha value is -1.62. The average Bonchev–Trinajstić information content (AvgIpc) is 2.70. The van der Waals surface area contributed by atoms with Crippen LogP contribution < -0.4 is 5.32 Å². The van der Waals surface area contributed by atoms with Crippen molar-refractivity contribution in [1.82, 2.24) is 14.6 Å². The first-order valence-electron chi connectivity index (χ1n) is 5.94. The molecule has 0 spiro atoms.